The predicted molar refractivity (Wildman–Crippen MR) is 139 cm³/mol. The second-order valence-corrected chi connectivity index (χ2v) is 12.0. The van der Waals surface area contributed by atoms with Gasteiger partial charge in [-0.05, 0) is 35.7 Å². The highest BCUT2D eigenvalue weighted by Crippen LogP contribution is 2.45. The van der Waals surface area contributed by atoms with E-state index in [0.29, 0.717) is 39.8 Å². The van der Waals surface area contributed by atoms with Crippen LogP contribution >= 0.6 is 24.1 Å². The van der Waals surface area contributed by atoms with Crippen LogP contribution in [-0.2, 0) is 43.3 Å². The molecule has 40 heavy (non-hydrogen) atoms. The van der Waals surface area contributed by atoms with E-state index < -0.39 is 44.3 Å². The first-order chi connectivity index (χ1) is 18.9. The number of phenols is 2. The molecule has 218 valence electrons. The molecule has 5 N–H and O–H groups in total. The summed E-state index contributed by atoms with van der Waals surface area (Å²) in [6, 6.07) is 9.69. The molecule has 0 saturated carbocycles. The quantitative estimate of drug-likeness (QED) is 0.0546. The topological polar surface area (TPSA) is 244 Å². The predicted octanol–water partition coefficient (Wildman–Crippen LogP) is 4.11. The van der Waals surface area contributed by atoms with Gasteiger partial charge in [-0.3, -0.25) is 8.86 Å². The van der Waals surface area contributed by atoms with E-state index in [1.807, 2.05) is 0 Å². The number of hydrogen-bond donors (Lipinski definition) is 5. The maximum absolute atomic E-state index is 12.4. The fraction of sp³-hybridized carbons (Fsp3) is 0.158. The summed E-state index contributed by atoms with van der Waals surface area (Å²) in [5.74, 6) is -1.72. The van der Waals surface area contributed by atoms with Crippen molar-refractivity contribution in [2.24, 2.45) is 10.2 Å². The van der Waals surface area contributed by atoms with Crippen LogP contribution in [0.5, 0.6) is 11.5 Å². The highest BCUT2D eigenvalue weighted by molar-refractivity contribution is 7.95. The summed E-state index contributed by atoms with van der Waals surface area (Å²) < 4.78 is 68.3. The van der Waals surface area contributed by atoms with Gasteiger partial charge in [-0.25, -0.2) is 23.1 Å². The Morgan fingerprint density at radius 2 is 1.62 bits per heavy atom. The summed E-state index contributed by atoms with van der Waals surface area (Å²) >= 11 is 1.12. The van der Waals surface area contributed by atoms with Crippen molar-refractivity contribution in [3.63, 3.8) is 0 Å². The van der Waals surface area contributed by atoms with Gasteiger partial charge in [0.05, 0.1) is 47.0 Å². The lowest BCUT2D eigenvalue weighted by molar-refractivity contribution is -0.432. The standard InChI is InChI=1S/C19H19N3O14S4/c1-22(39(27,28)7-6-32-40(29,30)31)12-2-5-15(16(23)10-12)20-21-18-14-4-3-13(37-35-33-25)8-11(14)9-17(19(18)24)38-36-34-26/h2-5,8-10,23-26H,6-7H2,1H3,(H,29,30,31). The zero-order valence-corrected chi connectivity index (χ0v) is 23.1. The van der Waals surface area contributed by atoms with Crippen LogP contribution in [0.3, 0.4) is 0 Å². The number of nitrogens with zero attached hydrogens (tertiary/aromatic N) is 3. The molecule has 0 aliphatic carbocycles. The number of anilines is 1. The Morgan fingerprint density at radius 3 is 2.27 bits per heavy atom. The van der Waals surface area contributed by atoms with Gasteiger partial charge in [-0.1, -0.05) is 16.1 Å². The molecule has 0 radical (unpaired) electrons. The third-order valence-electron chi connectivity index (χ3n) is 4.91. The van der Waals surface area contributed by atoms with Crippen molar-refractivity contribution in [1.29, 1.82) is 0 Å². The van der Waals surface area contributed by atoms with Crippen LogP contribution in [0.15, 0.2) is 62.5 Å². The van der Waals surface area contributed by atoms with Crippen LogP contribution < -0.4 is 4.31 Å². The van der Waals surface area contributed by atoms with Crippen molar-refractivity contribution >= 4 is 72.3 Å². The zero-order chi connectivity index (χ0) is 29.5. The number of aromatic hydroxyl groups is 2. The maximum Gasteiger partial charge on any atom is 0.397 e. The summed E-state index contributed by atoms with van der Waals surface area (Å²) in [6.45, 7) is -0.837. The first-order valence-corrected chi connectivity index (χ1v) is 14.7. The summed E-state index contributed by atoms with van der Waals surface area (Å²) in [5, 5.41) is 54.0. The van der Waals surface area contributed by atoms with Crippen molar-refractivity contribution in [3.05, 3.63) is 42.5 Å². The first kappa shape index (κ1) is 31.7. The van der Waals surface area contributed by atoms with E-state index in [2.05, 4.69) is 33.2 Å². The van der Waals surface area contributed by atoms with Gasteiger partial charge in [0, 0.05) is 23.4 Å². The Kier molecular flexibility index (Phi) is 10.9. The summed E-state index contributed by atoms with van der Waals surface area (Å²) in [7, 11) is -7.78. The summed E-state index contributed by atoms with van der Waals surface area (Å²) in [5.41, 5.74) is -0.222. The highest BCUT2D eigenvalue weighted by Gasteiger charge is 2.21. The molecule has 0 heterocycles. The van der Waals surface area contributed by atoms with Gasteiger partial charge in [0.2, 0.25) is 10.0 Å². The minimum atomic E-state index is -4.82. The fourth-order valence-electron chi connectivity index (χ4n) is 3.09. The van der Waals surface area contributed by atoms with Crippen LogP contribution in [0.25, 0.3) is 10.8 Å². The van der Waals surface area contributed by atoms with Gasteiger partial charge in [0.25, 0.3) is 0 Å². The zero-order valence-electron chi connectivity index (χ0n) is 19.8. The van der Waals surface area contributed by atoms with E-state index >= 15 is 0 Å². The largest absolute Gasteiger partial charge is 0.506 e. The lowest BCUT2D eigenvalue weighted by Gasteiger charge is -2.19. The number of sulfonamides is 1. The molecule has 0 spiro atoms. The molecule has 3 rings (SSSR count). The number of hydrogen-bond acceptors (Lipinski definition) is 17. The normalized spacial score (nSPS) is 12.4. The van der Waals surface area contributed by atoms with Crippen LogP contribution in [0.4, 0.5) is 17.1 Å². The lowest BCUT2D eigenvalue weighted by atomic mass is 10.1. The molecule has 17 nitrogen and oxygen atoms in total. The van der Waals surface area contributed by atoms with Gasteiger partial charge in [-0.2, -0.15) is 8.42 Å². The average Bonchev–Trinajstić information content (AvgIpc) is 2.89. The molecule has 0 aromatic heterocycles. The second kappa shape index (κ2) is 13.7. The second-order valence-electron chi connectivity index (χ2n) is 7.31. The summed E-state index contributed by atoms with van der Waals surface area (Å²) in [6.07, 6.45) is 0. The average molecular weight is 642 g/mol. The molecule has 0 aliphatic rings. The Labute approximate surface area is 234 Å². The van der Waals surface area contributed by atoms with Crippen LogP contribution in [0, 0.1) is 0 Å². The van der Waals surface area contributed by atoms with Gasteiger partial charge < -0.3 is 10.2 Å². The molecular formula is C19H19N3O14S4. The van der Waals surface area contributed by atoms with E-state index in [4.69, 9.17) is 15.1 Å². The first-order valence-electron chi connectivity index (χ1n) is 10.3. The number of azo groups is 1. The van der Waals surface area contributed by atoms with Gasteiger partial charge in [0.1, 0.15) is 17.1 Å². The maximum atomic E-state index is 12.4. The Morgan fingerprint density at radius 1 is 0.925 bits per heavy atom. The molecule has 3 aromatic rings. The Balaban J connectivity index is 1.92. The van der Waals surface area contributed by atoms with Gasteiger partial charge in [0.15, 0.2) is 5.75 Å². The van der Waals surface area contributed by atoms with E-state index in [0.717, 1.165) is 17.4 Å². The van der Waals surface area contributed by atoms with Crippen molar-refractivity contribution < 1.29 is 65.0 Å². The van der Waals surface area contributed by atoms with Crippen LogP contribution in [0.1, 0.15) is 0 Å². The number of benzene rings is 3. The molecule has 0 saturated heterocycles. The number of rotatable bonds is 14. The molecule has 0 atom stereocenters. The Hall–Kier alpha value is -2.80. The number of fused-ring (bicyclic) bond motifs is 1. The van der Waals surface area contributed by atoms with E-state index in [1.165, 1.54) is 18.2 Å². The molecule has 21 heteroatoms. The molecule has 0 amide bonds. The highest BCUT2D eigenvalue weighted by atomic mass is 32.3. The summed E-state index contributed by atoms with van der Waals surface area (Å²) in [4.78, 5) is 0.517. The number of phenolic OH excluding ortho intramolecular Hbond substituents is 2. The minimum absolute atomic E-state index is 0.0183. The third-order valence-corrected chi connectivity index (χ3v) is 8.30. The van der Waals surface area contributed by atoms with Crippen molar-refractivity contribution in [2.75, 3.05) is 23.7 Å². The van der Waals surface area contributed by atoms with E-state index in [1.54, 1.807) is 18.2 Å². The third kappa shape index (κ3) is 8.35. The smallest absolute Gasteiger partial charge is 0.397 e. The molecule has 3 aromatic carbocycles. The van der Waals surface area contributed by atoms with E-state index in [9.17, 15) is 27.0 Å². The van der Waals surface area contributed by atoms with Gasteiger partial charge in [-0.15, -0.1) is 18.9 Å². The Bertz CT molecular complexity index is 1600. The molecule has 0 unspecified atom stereocenters. The minimum Gasteiger partial charge on any atom is -0.506 e. The molecule has 0 aliphatic heterocycles. The SMILES string of the molecule is CN(c1ccc(N=Nc2c(O)c(SOOO)cc3cc(SOOO)ccc23)c(O)c1)S(=O)(=O)CCOS(=O)(=O)O. The molecule has 0 bridgehead atoms. The van der Waals surface area contributed by atoms with Crippen molar-refractivity contribution in [3.8, 4) is 11.5 Å². The van der Waals surface area contributed by atoms with Crippen molar-refractivity contribution in [1.82, 2.24) is 0 Å². The van der Waals surface area contributed by atoms with Crippen LogP contribution in [0.2, 0.25) is 0 Å². The van der Waals surface area contributed by atoms with Crippen LogP contribution in [-0.4, -0.2) is 61.5 Å². The molecule has 0 fully saturated rings. The monoisotopic (exact) mass is 641 g/mol. The lowest BCUT2D eigenvalue weighted by Crippen LogP contribution is -2.31. The van der Waals surface area contributed by atoms with E-state index in [-0.39, 0.29) is 22.0 Å². The fourth-order valence-corrected chi connectivity index (χ4v) is 5.36. The molecular weight excluding hydrogens is 622 g/mol. The van der Waals surface area contributed by atoms with Crippen molar-refractivity contribution in [2.45, 2.75) is 9.79 Å². The van der Waals surface area contributed by atoms with Gasteiger partial charge >= 0.3 is 10.4 Å².